The quantitative estimate of drug-likeness (QED) is 0.770. The Morgan fingerprint density at radius 1 is 1.42 bits per heavy atom. The van der Waals surface area contributed by atoms with Crippen molar-refractivity contribution < 1.29 is 14.7 Å². The molecule has 0 saturated carbocycles. The highest BCUT2D eigenvalue weighted by molar-refractivity contribution is 7.10. The molecule has 0 aliphatic heterocycles. The van der Waals surface area contributed by atoms with E-state index in [-0.39, 0.29) is 11.8 Å². The van der Waals surface area contributed by atoms with Gasteiger partial charge in [-0.2, -0.15) is 0 Å². The largest absolute Gasteiger partial charge is 0.479 e. The fourth-order valence-corrected chi connectivity index (χ4v) is 2.71. The minimum Gasteiger partial charge on any atom is -0.479 e. The number of carboxylic acid groups (broad SMARTS) is 1. The fraction of sp³-hybridized carbons (Fsp3) is 0.571. The van der Waals surface area contributed by atoms with Gasteiger partial charge in [-0.05, 0) is 24.3 Å². The van der Waals surface area contributed by atoms with Crippen LogP contribution in [0.15, 0.2) is 17.5 Å². The van der Waals surface area contributed by atoms with E-state index in [2.05, 4.69) is 12.2 Å². The Hall–Kier alpha value is -1.36. The molecule has 0 spiro atoms. The van der Waals surface area contributed by atoms with Gasteiger partial charge >= 0.3 is 5.97 Å². The third-order valence-corrected chi connectivity index (χ3v) is 4.07. The molecule has 1 amide bonds. The number of hydrogen-bond donors (Lipinski definition) is 2. The molecule has 2 N–H and O–H groups in total. The molecule has 0 aliphatic carbocycles. The van der Waals surface area contributed by atoms with Crippen LogP contribution < -0.4 is 5.32 Å². The van der Waals surface area contributed by atoms with Crippen LogP contribution in [0.25, 0.3) is 0 Å². The van der Waals surface area contributed by atoms with Gasteiger partial charge in [0.15, 0.2) is 6.04 Å². The molecular weight excluding hydrogens is 262 g/mol. The molecule has 0 aromatic carbocycles. The van der Waals surface area contributed by atoms with Crippen molar-refractivity contribution in [2.75, 3.05) is 0 Å². The summed E-state index contributed by atoms with van der Waals surface area (Å²) < 4.78 is 0. The number of carboxylic acids is 1. The van der Waals surface area contributed by atoms with Crippen LogP contribution in [-0.2, 0) is 9.59 Å². The summed E-state index contributed by atoms with van der Waals surface area (Å²) in [6.07, 6.45) is 3.58. The summed E-state index contributed by atoms with van der Waals surface area (Å²) in [5.74, 6) is -1.26. The van der Waals surface area contributed by atoms with E-state index >= 15 is 0 Å². The number of aliphatic carboxylic acids is 1. The van der Waals surface area contributed by atoms with E-state index in [0.717, 1.165) is 25.7 Å². The van der Waals surface area contributed by atoms with Crippen LogP contribution in [0.2, 0.25) is 0 Å². The lowest BCUT2D eigenvalue weighted by Gasteiger charge is -2.18. The first kappa shape index (κ1) is 15.7. The van der Waals surface area contributed by atoms with Gasteiger partial charge in [-0.15, -0.1) is 11.3 Å². The van der Waals surface area contributed by atoms with E-state index in [0.29, 0.717) is 4.88 Å². The smallest absolute Gasteiger partial charge is 0.331 e. The predicted octanol–water partition coefficient (Wildman–Crippen LogP) is 3.21. The van der Waals surface area contributed by atoms with Crippen LogP contribution >= 0.6 is 11.3 Å². The van der Waals surface area contributed by atoms with Crippen LogP contribution in [0.5, 0.6) is 0 Å². The van der Waals surface area contributed by atoms with E-state index in [4.69, 9.17) is 0 Å². The maximum absolute atomic E-state index is 12.1. The number of hydrogen-bond acceptors (Lipinski definition) is 3. The summed E-state index contributed by atoms with van der Waals surface area (Å²) in [7, 11) is 0. The molecule has 106 valence electrons. The normalized spacial score (nSPS) is 13.8. The van der Waals surface area contributed by atoms with E-state index < -0.39 is 12.0 Å². The lowest BCUT2D eigenvalue weighted by atomic mass is 9.98. The Bertz CT molecular complexity index is 403. The lowest BCUT2D eigenvalue weighted by molar-refractivity contribution is -0.142. The third-order valence-electron chi connectivity index (χ3n) is 3.13. The molecular formula is C14H21NO3S. The van der Waals surface area contributed by atoms with E-state index in [9.17, 15) is 14.7 Å². The summed E-state index contributed by atoms with van der Waals surface area (Å²) in [5, 5.41) is 13.7. The van der Waals surface area contributed by atoms with Crippen molar-refractivity contribution in [2.45, 2.75) is 45.6 Å². The molecule has 0 saturated heterocycles. The zero-order chi connectivity index (χ0) is 14.3. The second-order valence-electron chi connectivity index (χ2n) is 4.54. The second kappa shape index (κ2) is 7.94. The summed E-state index contributed by atoms with van der Waals surface area (Å²) in [6, 6.07) is 2.59. The maximum Gasteiger partial charge on any atom is 0.331 e. The van der Waals surface area contributed by atoms with E-state index in [1.807, 2.05) is 12.3 Å². The van der Waals surface area contributed by atoms with E-state index in [1.165, 1.54) is 11.3 Å². The second-order valence-corrected chi connectivity index (χ2v) is 5.52. The Morgan fingerprint density at radius 3 is 2.63 bits per heavy atom. The Morgan fingerprint density at radius 2 is 2.16 bits per heavy atom. The molecule has 0 aliphatic rings. The number of rotatable bonds is 8. The zero-order valence-electron chi connectivity index (χ0n) is 11.4. The highest BCUT2D eigenvalue weighted by atomic mass is 32.1. The molecule has 1 heterocycles. The minimum atomic E-state index is -1.01. The Kier molecular flexibility index (Phi) is 6.56. The van der Waals surface area contributed by atoms with Crippen molar-refractivity contribution in [1.82, 2.24) is 5.32 Å². The number of unbranched alkanes of at least 4 members (excludes halogenated alkanes) is 1. The Balaban J connectivity index is 2.68. The molecule has 2 unspecified atom stereocenters. The van der Waals surface area contributed by atoms with Crippen molar-refractivity contribution in [1.29, 1.82) is 0 Å². The predicted molar refractivity (Wildman–Crippen MR) is 76.1 cm³/mol. The van der Waals surface area contributed by atoms with Gasteiger partial charge in [-0.1, -0.05) is 32.8 Å². The van der Waals surface area contributed by atoms with Crippen molar-refractivity contribution in [3.63, 3.8) is 0 Å². The highest BCUT2D eigenvalue weighted by Crippen LogP contribution is 2.21. The molecule has 5 heteroatoms. The number of thiophene rings is 1. The number of carbonyl (C=O) groups is 2. The number of nitrogens with one attached hydrogen (secondary N) is 1. The number of carbonyl (C=O) groups excluding carboxylic acids is 1. The molecule has 0 bridgehead atoms. The molecule has 1 aromatic heterocycles. The SMILES string of the molecule is CCCCC(CC)C(=O)NC(C(=O)O)c1cccs1. The van der Waals surface area contributed by atoms with Crippen LogP contribution in [0.3, 0.4) is 0 Å². The fourth-order valence-electron chi connectivity index (χ4n) is 1.94. The van der Waals surface area contributed by atoms with Gasteiger partial charge in [0.2, 0.25) is 5.91 Å². The van der Waals surface area contributed by atoms with Crippen molar-refractivity contribution in [3.05, 3.63) is 22.4 Å². The Labute approximate surface area is 117 Å². The highest BCUT2D eigenvalue weighted by Gasteiger charge is 2.26. The van der Waals surface area contributed by atoms with Gasteiger partial charge < -0.3 is 10.4 Å². The first-order valence-corrected chi connectivity index (χ1v) is 7.54. The maximum atomic E-state index is 12.1. The average Bonchev–Trinajstić information content (AvgIpc) is 2.90. The molecule has 4 nitrogen and oxygen atoms in total. The van der Waals surface area contributed by atoms with Crippen LogP contribution in [-0.4, -0.2) is 17.0 Å². The third kappa shape index (κ3) is 4.67. The minimum absolute atomic E-state index is 0.0956. The van der Waals surface area contributed by atoms with Gasteiger partial charge in [-0.25, -0.2) is 4.79 Å². The summed E-state index contributed by atoms with van der Waals surface area (Å²) in [4.78, 5) is 24.0. The molecule has 0 radical (unpaired) electrons. The summed E-state index contributed by atoms with van der Waals surface area (Å²) in [6.45, 7) is 4.04. The van der Waals surface area contributed by atoms with Crippen LogP contribution in [0.4, 0.5) is 0 Å². The standard InChI is InChI=1S/C14H21NO3S/c1-3-5-7-10(4-2)13(16)15-12(14(17)18)11-8-6-9-19-11/h6,8-10,12H,3-5,7H2,1-2H3,(H,15,16)(H,17,18). The molecule has 0 fully saturated rings. The lowest BCUT2D eigenvalue weighted by Crippen LogP contribution is -2.37. The van der Waals surface area contributed by atoms with Gasteiger partial charge in [0.25, 0.3) is 0 Å². The van der Waals surface area contributed by atoms with Crippen molar-refractivity contribution in [2.24, 2.45) is 5.92 Å². The summed E-state index contributed by atoms with van der Waals surface area (Å²) in [5.41, 5.74) is 0. The zero-order valence-corrected chi connectivity index (χ0v) is 12.2. The molecule has 19 heavy (non-hydrogen) atoms. The first-order valence-electron chi connectivity index (χ1n) is 6.66. The molecule has 2 atom stereocenters. The van der Waals surface area contributed by atoms with Gasteiger partial charge in [0.05, 0.1) is 0 Å². The average molecular weight is 283 g/mol. The molecule has 1 rings (SSSR count). The first-order chi connectivity index (χ1) is 9.10. The van der Waals surface area contributed by atoms with E-state index in [1.54, 1.807) is 12.1 Å². The van der Waals surface area contributed by atoms with Crippen molar-refractivity contribution >= 4 is 23.2 Å². The van der Waals surface area contributed by atoms with Gasteiger partial charge in [-0.3, -0.25) is 4.79 Å². The van der Waals surface area contributed by atoms with Crippen LogP contribution in [0, 0.1) is 5.92 Å². The van der Waals surface area contributed by atoms with Gasteiger partial charge in [0, 0.05) is 10.8 Å². The van der Waals surface area contributed by atoms with Gasteiger partial charge in [0.1, 0.15) is 0 Å². The van der Waals surface area contributed by atoms with Crippen LogP contribution in [0.1, 0.15) is 50.4 Å². The monoisotopic (exact) mass is 283 g/mol. The topological polar surface area (TPSA) is 66.4 Å². The van der Waals surface area contributed by atoms with Crippen molar-refractivity contribution in [3.8, 4) is 0 Å². The molecule has 1 aromatic rings. The number of amides is 1. The summed E-state index contributed by atoms with van der Waals surface area (Å²) >= 11 is 1.34.